The molecule has 0 atom stereocenters. The van der Waals surface area contributed by atoms with Crippen molar-refractivity contribution in [3.8, 4) is 5.75 Å². The zero-order valence-electron chi connectivity index (χ0n) is 10.7. The highest BCUT2D eigenvalue weighted by molar-refractivity contribution is 6.36. The fourth-order valence-electron chi connectivity index (χ4n) is 1.67. The lowest BCUT2D eigenvalue weighted by molar-refractivity contribution is 0.414. The zero-order valence-corrected chi connectivity index (χ0v) is 12.2. The maximum Gasteiger partial charge on any atom is 0.146 e. The van der Waals surface area contributed by atoms with Crippen LogP contribution in [0, 0.1) is 6.92 Å². The van der Waals surface area contributed by atoms with Gasteiger partial charge >= 0.3 is 0 Å². The van der Waals surface area contributed by atoms with Gasteiger partial charge in [-0.1, -0.05) is 40.9 Å². The molecule has 0 aliphatic rings. The van der Waals surface area contributed by atoms with Crippen LogP contribution in [0.15, 0.2) is 41.4 Å². The first kappa shape index (κ1) is 13.9. The third-order valence-electron chi connectivity index (χ3n) is 2.63. The maximum atomic E-state index is 6.07. The van der Waals surface area contributed by atoms with Crippen LogP contribution in [-0.4, -0.2) is 13.3 Å². The molecule has 0 N–H and O–H groups in total. The molecule has 0 amide bonds. The number of aliphatic imine (C=N–C) groups is 1. The van der Waals surface area contributed by atoms with Gasteiger partial charge in [0.2, 0.25) is 0 Å². The number of methoxy groups -OCH3 is 1. The summed E-state index contributed by atoms with van der Waals surface area (Å²) in [6.07, 6.45) is 1.70. The quantitative estimate of drug-likeness (QED) is 0.725. The van der Waals surface area contributed by atoms with E-state index >= 15 is 0 Å². The summed E-state index contributed by atoms with van der Waals surface area (Å²) in [5, 5.41) is 1.02. The van der Waals surface area contributed by atoms with Gasteiger partial charge in [-0.2, -0.15) is 0 Å². The van der Waals surface area contributed by atoms with Gasteiger partial charge in [0.1, 0.15) is 5.75 Å². The molecule has 0 bridgehead atoms. The highest BCUT2D eigenvalue weighted by Crippen LogP contribution is 2.31. The summed E-state index contributed by atoms with van der Waals surface area (Å²) >= 11 is 12.0. The second-order valence-corrected chi connectivity index (χ2v) is 4.95. The molecule has 2 rings (SSSR count). The smallest absolute Gasteiger partial charge is 0.146 e. The molecular formula is C15H13Cl2NO. The minimum atomic E-state index is 0.473. The van der Waals surface area contributed by atoms with Gasteiger partial charge in [0, 0.05) is 16.8 Å². The third-order valence-corrected chi connectivity index (χ3v) is 3.13. The molecule has 0 aromatic heterocycles. The Morgan fingerprint density at radius 2 is 1.79 bits per heavy atom. The SMILES string of the molecule is COc1c(Cl)cc(Cl)cc1C=Nc1ccc(C)cc1. The molecule has 2 aromatic rings. The van der Waals surface area contributed by atoms with E-state index < -0.39 is 0 Å². The summed E-state index contributed by atoms with van der Waals surface area (Å²) in [5.74, 6) is 0.571. The van der Waals surface area contributed by atoms with Crippen molar-refractivity contribution in [1.82, 2.24) is 0 Å². The largest absolute Gasteiger partial charge is 0.495 e. The lowest BCUT2D eigenvalue weighted by Crippen LogP contribution is -1.92. The Kier molecular flexibility index (Phi) is 4.46. The lowest BCUT2D eigenvalue weighted by Gasteiger charge is -2.07. The van der Waals surface area contributed by atoms with E-state index in [1.165, 1.54) is 5.56 Å². The number of aryl methyl sites for hydroxylation is 1. The summed E-state index contributed by atoms with van der Waals surface area (Å²) in [6, 6.07) is 11.3. The lowest BCUT2D eigenvalue weighted by atomic mass is 10.2. The van der Waals surface area contributed by atoms with Crippen LogP contribution in [0.25, 0.3) is 0 Å². The predicted molar refractivity (Wildman–Crippen MR) is 81.4 cm³/mol. The average molecular weight is 294 g/mol. The Morgan fingerprint density at radius 1 is 1.11 bits per heavy atom. The minimum Gasteiger partial charge on any atom is -0.495 e. The standard InChI is InChI=1S/C15H13Cl2NO/c1-10-3-5-13(6-4-10)18-9-11-7-12(16)8-14(17)15(11)19-2/h3-9H,1-2H3. The van der Waals surface area contributed by atoms with Crippen LogP contribution in [0.1, 0.15) is 11.1 Å². The fraction of sp³-hybridized carbons (Fsp3) is 0.133. The third kappa shape index (κ3) is 3.49. The molecule has 0 radical (unpaired) electrons. The van der Waals surface area contributed by atoms with Crippen LogP contribution in [0.4, 0.5) is 5.69 Å². The minimum absolute atomic E-state index is 0.473. The van der Waals surface area contributed by atoms with Crippen molar-refractivity contribution in [3.63, 3.8) is 0 Å². The number of hydrogen-bond donors (Lipinski definition) is 0. The first-order valence-electron chi connectivity index (χ1n) is 5.74. The van der Waals surface area contributed by atoms with Gasteiger partial charge in [-0.3, -0.25) is 4.99 Å². The monoisotopic (exact) mass is 293 g/mol. The number of ether oxygens (including phenoxy) is 1. The van der Waals surface area contributed by atoms with Gasteiger partial charge in [-0.05, 0) is 31.2 Å². The Bertz CT molecular complexity index is 606. The van der Waals surface area contributed by atoms with Gasteiger partial charge in [0.05, 0.1) is 17.8 Å². The van der Waals surface area contributed by atoms with Gasteiger partial charge in [0.25, 0.3) is 0 Å². The number of halogens is 2. The number of hydrogen-bond acceptors (Lipinski definition) is 2. The van der Waals surface area contributed by atoms with E-state index in [1.54, 1.807) is 25.5 Å². The molecule has 2 aromatic carbocycles. The van der Waals surface area contributed by atoms with Crippen molar-refractivity contribution in [3.05, 3.63) is 57.6 Å². The number of benzene rings is 2. The van der Waals surface area contributed by atoms with Crippen LogP contribution >= 0.6 is 23.2 Å². The van der Waals surface area contributed by atoms with E-state index in [1.807, 2.05) is 31.2 Å². The van der Waals surface area contributed by atoms with Gasteiger partial charge in [-0.15, -0.1) is 0 Å². The van der Waals surface area contributed by atoms with Crippen LogP contribution in [0.3, 0.4) is 0 Å². The second kappa shape index (κ2) is 6.09. The van der Waals surface area contributed by atoms with Crippen LogP contribution < -0.4 is 4.74 Å². The first-order valence-corrected chi connectivity index (χ1v) is 6.49. The molecule has 0 saturated heterocycles. The van der Waals surface area contributed by atoms with Crippen molar-refractivity contribution in [1.29, 1.82) is 0 Å². The Morgan fingerprint density at radius 3 is 2.42 bits per heavy atom. The summed E-state index contributed by atoms with van der Waals surface area (Å²) in [5.41, 5.74) is 2.81. The summed E-state index contributed by atoms with van der Waals surface area (Å²) in [7, 11) is 1.57. The fourth-order valence-corrected chi connectivity index (χ4v) is 2.25. The van der Waals surface area contributed by atoms with E-state index in [-0.39, 0.29) is 0 Å². The zero-order chi connectivity index (χ0) is 13.8. The molecule has 2 nitrogen and oxygen atoms in total. The maximum absolute atomic E-state index is 6.07. The first-order chi connectivity index (χ1) is 9.10. The van der Waals surface area contributed by atoms with E-state index in [0.29, 0.717) is 15.8 Å². The topological polar surface area (TPSA) is 21.6 Å². The number of rotatable bonds is 3. The molecule has 0 spiro atoms. The average Bonchev–Trinajstić information content (AvgIpc) is 2.37. The Labute approximate surface area is 122 Å². The molecule has 0 saturated carbocycles. The number of nitrogens with zero attached hydrogens (tertiary/aromatic N) is 1. The van der Waals surface area contributed by atoms with Crippen LogP contribution in [0.5, 0.6) is 5.75 Å². The van der Waals surface area contributed by atoms with E-state index in [0.717, 1.165) is 11.3 Å². The highest BCUT2D eigenvalue weighted by Gasteiger charge is 2.07. The molecule has 0 aliphatic carbocycles. The molecule has 0 aliphatic heterocycles. The van der Waals surface area contributed by atoms with Crippen LogP contribution in [-0.2, 0) is 0 Å². The van der Waals surface area contributed by atoms with Crippen LogP contribution in [0.2, 0.25) is 10.0 Å². The highest BCUT2D eigenvalue weighted by atomic mass is 35.5. The summed E-state index contributed by atoms with van der Waals surface area (Å²) < 4.78 is 5.26. The molecule has 98 valence electrons. The molecule has 4 heteroatoms. The molecular weight excluding hydrogens is 281 g/mol. The van der Waals surface area contributed by atoms with Crippen molar-refractivity contribution in [2.45, 2.75) is 6.92 Å². The molecule has 0 heterocycles. The van der Waals surface area contributed by atoms with Crippen molar-refractivity contribution in [2.24, 2.45) is 4.99 Å². The van der Waals surface area contributed by atoms with E-state index in [9.17, 15) is 0 Å². The van der Waals surface area contributed by atoms with Gasteiger partial charge in [0.15, 0.2) is 0 Å². The summed E-state index contributed by atoms with van der Waals surface area (Å²) in [6.45, 7) is 2.03. The predicted octanol–water partition coefficient (Wildman–Crippen LogP) is 5.06. The second-order valence-electron chi connectivity index (χ2n) is 4.10. The van der Waals surface area contributed by atoms with Crippen molar-refractivity contribution in [2.75, 3.05) is 7.11 Å². The molecule has 0 unspecified atom stereocenters. The van der Waals surface area contributed by atoms with Crippen molar-refractivity contribution >= 4 is 35.1 Å². The van der Waals surface area contributed by atoms with Gasteiger partial charge in [-0.25, -0.2) is 0 Å². The Balaban J connectivity index is 2.34. The Hall–Kier alpha value is -1.51. The van der Waals surface area contributed by atoms with E-state index in [2.05, 4.69) is 4.99 Å². The summed E-state index contributed by atoms with van der Waals surface area (Å²) in [4.78, 5) is 4.39. The molecule has 19 heavy (non-hydrogen) atoms. The normalized spacial score (nSPS) is 10.9. The molecule has 0 fully saturated rings. The van der Waals surface area contributed by atoms with Crippen molar-refractivity contribution < 1.29 is 4.74 Å². The van der Waals surface area contributed by atoms with E-state index in [4.69, 9.17) is 27.9 Å². The van der Waals surface area contributed by atoms with Gasteiger partial charge < -0.3 is 4.74 Å².